The molecule has 26 heavy (non-hydrogen) atoms. The lowest BCUT2D eigenvalue weighted by Gasteiger charge is -2.13. The van der Waals surface area contributed by atoms with Crippen LogP contribution in [0.3, 0.4) is 0 Å². The minimum Gasteiger partial charge on any atom is -0.493 e. The summed E-state index contributed by atoms with van der Waals surface area (Å²) in [5.74, 6) is 1.51. The van der Waals surface area contributed by atoms with E-state index in [-0.39, 0.29) is 0 Å². The Kier molecular flexibility index (Phi) is 5.77. The van der Waals surface area contributed by atoms with Crippen LogP contribution in [0.4, 0.5) is 5.69 Å². The van der Waals surface area contributed by atoms with Crippen LogP contribution in [0, 0.1) is 5.92 Å². The highest BCUT2D eigenvalue weighted by Crippen LogP contribution is 2.26. The third-order valence-corrected chi connectivity index (χ3v) is 4.66. The van der Waals surface area contributed by atoms with Crippen molar-refractivity contribution >= 4 is 16.6 Å². The molecule has 2 aromatic carbocycles. The monoisotopic (exact) mass is 348 g/mol. The molecule has 3 nitrogen and oxygen atoms in total. The highest BCUT2D eigenvalue weighted by Gasteiger charge is 2.06. The largest absolute Gasteiger partial charge is 0.493 e. The summed E-state index contributed by atoms with van der Waals surface area (Å²) in [7, 11) is 4.10. The van der Waals surface area contributed by atoms with E-state index in [1.165, 1.54) is 18.5 Å². The molecule has 0 saturated heterocycles. The number of anilines is 1. The van der Waals surface area contributed by atoms with Crippen LogP contribution in [-0.4, -0.2) is 25.7 Å². The van der Waals surface area contributed by atoms with Gasteiger partial charge in [-0.05, 0) is 48.7 Å². The maximum absolute atomic E-state index is 5.95. The predicted molar refractivity (Wildman–Crippen MR) is 111 cm³/mol. The summed E-state index contributed by atoms with van der Waals surface area (Å²) in [5.41, 5.74) is 4.31. The first-order valence-electron chi connectivity index (χ1n) is 9.38. The van der Waals surface area contributed by atoms with Gasteiger partial charge in [0.2, 0.25) is 0 Å². The zero-order chi connectivity index (χ0) is 18.5. The fraction of sp³-hybridized carbons (Fsp3) is 0.348. The van der Waals surface area contributed by atoms with Crippen LogP contribution < -0.4 is 9.64 Å². The molecule has 3 rings (SSSR count). The highest BCUT2D eigenvalue weighted by molar-refractivity contribution is 5.83. The van der Waals surface area contributed by atoms with E-state index in [1.54, 1.807) is 0 Å². The van der Waals surface area contributed by atoms with Crippen LogP contribution >= 0.6 is 0 Å². The molecule has 0 saturated carbocycles. The standard InChI is InChI=1S/C23H28N2O/c1-5-6-17(2)16-26-21-12-14-23-19(15-21)9-13-22(24-23)18-7-10-20(11-8-18)25(3)4/h7-15,17H,5-6,16H2,1-4H3. The van der Waals surface area contributed by atoms with E-state index in [4.69, 9.17) is 9.72 Å². The van der Waals surface area contributed by atoms with Crippen molar-refractivity contribution in [1.29, 1.82) is 0 Å². The van der Waals surface area contributed by atoms with Crippen molar-refractivity contribution in [1.82, 2.24) is 4.98 Å². The van der Waals surface area contributed by atoms with Crippen LogP contribution in [-0.2, 0) is 0 Å². The molecule has 1 aromatic heterocycles. The molecule has 0 aliphatic heterocycles. The number of benzene rings is 2. The molecular formula is C23H28N2O. The van der Waals surface area contributed by atoms with Gasteiger partial charge in [0, 0.05) is 30.7 Å². The summed E-state index contributed by atoms with van der Waals surface area (Å²) in [4.78, 5) is 6.91. The lowest BCUT2D eigenvalue weighted by molar-refractivity contribution is 0.252. The number of pyridine rings is 1. The van der Waals surface area contributed by atoms with Gasteiger partial charge in [0.25, 0.3) is 0 Å². The fourth-order valence-corrected chi connectivity index (χ4v) is 3.10. The van der Waals surface area contributed by atoms with E-state index >= 15 is 0 Å². The highest BCUT2D eigenvalue weighted by atomic mass is 16.5. The van der Waals surface area contributed by atoms with E-state index in [0.717, 1.165) is 34.5 Å². The first-order chi connectivity index (χ1) is 12.6. The maximum atomic E-state index is 5.95. The van der Waals surface area contributed by atoms with Gasteiger partial charge in [-0.2, -0.15) is 0 Å². The third kappa shape index (κ3) is 4.34. The summed E-state index contributed by atoms with van der Waals surface area (Å²) in [5, 5.41) is 1.11. The van der Waals surface area contributed by atoms with E-state index in [2.05, 4.69) is 61.2 Å². The number of aromatic nitrogens is 1. The first-order valence-corrected chi connectivity index (χ1v) is 9.38. The summed E-state index contributed by atoms with van der Waals surface area (Å²) < 4.78 is 5.95. The number of nitrogens with zero attached hydrogens (tertiary/aromatic N) is 2. The number of fused-ring (bicyclic) bond motifs is 1. The normalized spacial score (nSPS) is 12.2. The molecule has 0 amide bonds. The Morgan fingerprint density at radius 3 is 2.46 bits per heavy atom. The quantitative estimate of drug-likeness (QED) is 0.541. The fourth-order valence-electron chi connectivity index (χ4n) is 3.10. The zero-order valence-corrected chi connectivity index (χ0v) is 16.2. The second-order valence-corrected chi connectivity index (χ2v) is 7.20. The molecule has 1 heterocycles. The average Bonchev–Trinajstić information content (AvgIpc) is 2.66. The third-order valence-electron chi connectivity index (χ3n) is 4.66. The van der Waals surface area contributed by atoms with Crippen LogP contribution in [0.5, 0.6) is 5.75 Å². The topological polar surface area (TPSA) is 25.4 Å². The Balaban J connectivity index is 1.78. The average molecular weight is 348 g/mol. The van der Waals surface area contributed by atoms with Gasteiger partial charge in [0.1, 0.15) is 5.75 Å². The Morgan fingerprint density at radius 2 is 1.77 bits per heavy atom. The van der Waals surface area contributed by atoms with Gasteiger partial charge >= 0.3 is 0 Å². The molecule has 0 aliphatic rings. The van der Waals surface area contributed by atoms with E-state index in [9.17, 15) is 0 Å². The van der Waals surface area contributed by atoms with Gasteiger partial charge in [-0.1, -0.05) is 38.5 Å². The summed E-state index contributed by atoms with van der Waals surface area (Å²) in [6, 6.07) is 18.8. The molecule has 1 atom stereocenters. The van der Waals surface area contributed by atoms with Gasteiger partial charge in [-0.15, -0.1) is 0 Å². The van der Waals surface area contributed by atoms with Crippen molar-refractivity contribution < 1.29 is 4.74 Å². The molecule has 0 aliphatic carbocycles. The zero-order valence-electron chi connectivity index (χ0n) is 16.2. The van der Waals surface area contributed by atoms with Crippen LogP contribution in [0.15, 0.2) is 54.6 Å². The minimum atomic E-state index is 0.585. The number of rotatable bonds is 7. The van der Waals surface area contributed by atoms with Gasteiger partial charge < -0.3 is 9.64 Å². The Bertz CT molecular complexity index is 856. The molecule has 3 heteroatoms. The van der Waals surface area contributed by atoms with Crippen molar-refractivity contribution in [3.8, 4) is 17.0 Å². The van der Waals surface area contributed by atoms with Gasteiger partial charge in [0.05, 0.1) is 17.8 Å². The van der Waals surface area contributed by atoms with E-state index < -0.39 is 0 Å². The predicted octanol–water partition coefficient (Wildman–Crippen LogP) is 5.78. The van der Waals surface area contributed by atoms with Crippen molar-refractivity contribution in [2.75, 3.05) is 25.6 Å². The van der Waals surface area contributed by atoms with E-state index in [0.29, 0.717) is 5.92 Å². The second-order valence-electron chi connectivity index (χ2n) is 7.20. The van der Waals surface area contributed by atoms with Gasteiger partial charge in [-0.25, -0.2) is 4.98 Å². The Labute approximate surface area is 156 Å². The number of hydrogen-bond acceptors (Lipinski definition) is 3. The molecule has 0 spiro atoms. The SMILES string of the molecule is CCCC(C)COc1ccc2nc(-c3ccc(N(C)C)cc3)ccc2c1. The summed E-state index contributed by atoms with van der Waals surface area (Å²) in [6.45, 7) is 5.22. The molecule has 3 aromatic rings. The summed E-state index contributed by atoms with van der Waals surface area (Å²) in [6.07, 6.45) is 2.40. The molecule has 1 unspecified atom stereocenters. The molecule has 0 N–H and O–H groups in total. The minimum absolute atomic E-state index is 0.585. The van der Waals surface area contributed by atoms with Crippen molar-refractivity contribution in [2.24, 2.45) is 5.92 Å². The Hall–Kier alpha value is -2.55. The van der Waals surface area contributed by atoms with Crippen molar-refractivity contribution in [2.45, 2.75) is 26.7 Å². The molecule has 136 valence electrons. The van der Waals surface area contributed by atoms with Gasteiger partial charge in [-0.3, -0.25) is 0 Å². The van der Waals surface area contributed by atoms with Crippen LogP contribution in [0.25, 0.3) is 22.2 Å². The molecule has 0 bridgehead atoms. The summed E-state index contributed by atoms with van der Waals surface area (Å²) >= 11 is 0. The smallest absolute Gasteiger partial charge is 0.120 e. The second kappa shape index (κ2) is 8.22. The Morgan fingerprint density at radius 1 is 1.00 bits per heavy atom. The molecular weight excluding hydrogens is 320 g/mol. The lowest BCUT2D eigenvalue weighted by atomic mass is 10.1. The lowest BCUT2D eigenvalue weighted by Crippen LogP contribution is -2.08. The van der Waals surface area contributed by atoms with Crippen LogP contribution in [0.2, 0.25) is 0 Å². The van der Waals surface area contributed by atoms with Crippen molar-refractivity contribution in [3.05, 3.63) is 54.6 Å². The van der Waals surface area contributed by atoms with Crippen LogP contribution in [0.1, 0.15) is 26.7 Å². The van der Waals surface area contributed by atoms with Gasteiger partial charge in [0.15, 0.2) is 0 Å². The maximum Gasteiger partial charge on any atom is 0.120 e. The molecule has 0 radical (unpaired) electrons. The first kappa shape index (κ1) is 18.2. The number of ether oxygens (including phenoxy) is 1. The molecule has 0 fully saturated rings. The van der Waals surface area contributed by atoms with E-state index in [1.807, 2.05) is 26.2 Å². The van der Waals surface area contributed by atoms with Crippen molar-refractivity contribution in [3.63, 3.8) is 0 Å². The number of hydrogen-bond donors (Lipinski definition) is 0.